The monoisotopic (exact) mass is 399 g/mol. The van der Waals surface area contributed by atoms with Crippen molar-refractivity contribution in [2.24, 2.45) is 5.92 Å². The Labute approximate surface area is 147 Å². The van der Waals surface area contributed by atoms with Crippen LogP contribution in [0, 0.1) is 5.92 Å². The van der Waals surface area contributed by atoms with E-state index in [2.05, 4.69) is 45.3 Å². The topological polar surface area (TPSA) is 54.9 Å². The molecule has 0 unspecified atom stereocenters. The van der Waals surface area contributed by atoms with E-state index in [1.54, 1.807) is 0 Å². The van der Waals surface area contributed by atoms with E-state index in [0.717, 1.165) is 20.5 Å². The molecule has 0 bridgehead atoms. The third-order valence-electron chi connectivity index (χ3n) is 2.84. The maximum absolute atomic E-state index is 12.4. The van der Waals surface area contributed by atoms with Gasteiger partial charge in [-0.3, -0.25) is 4.79 Å². The molecule has 1 N–H and O–H groups in total. The molecule has 0 saturated carbocycles. The van der Waals surface area contributed by atoms with Gasteiger partial charge in [-0.15, -0.1) is 10.2 Å². The largest absolute Gasteiger partial charge is 0.360 e. The number of thioether (sulfide) groups is 1. The minimum absolute atomic E-state index is 0.101. The van der Waals surface area contributed by atoms with Gasteiger partial charge in [0.15, 0.2) is 10.1 Å². The number of nitrogens with zero attached hydrogens (tertiary/aromatic N) is 2. The first-order valence-corrected chi connectivity index (χ1v) is 9.48. The van der Waals surface area contributed by atoms with E-state index in [1.807, 2.05) is 31.2 Å². The number of carbonyl (C=O) groups excluding carboxylic acids is 1. The number of aromatic nitrogens is 2. The van der Waals surface area contributed by atoms with Gasteiger partial charge in [-0.2, -0.15) is 0 Å². The molecular formula is C15H18BrN3OS2. The summed E-state index contributed by atoms with van der Waals surface area (Å²) in [5.74, 6) is 0.655. The number of nitrogens with one attached hydrogen (secondary N) is 1. The molecule has 22 heavy (non-hydrogen) atoms. The van der Waals surface area contributed by atoms with E-state index in [0.29, 0.717) is 11.5 Å². The zero-order valence-electron chi connectivity index (χ0n) is 12.7. The van der Waals surface area contributed by atoms with Crippen LogP contribution in [0.1, 0.15) is 31.1 Å². The maximum Gasteiger partial charge on any atom is 0.206 e. The van der Waals surface area contributed by atoms with Gasteiger partial charge in [-0.05, 0) is 25.0 Å². The van der Waals surface area contributed by atoms with E-state index < -0.39 is 0 Å². The standard InChI is InChI=1S/C15H18BrN3OS2/c1-9(2)8-17-14-18-19-15(22-14)21-10(3)13(20)11-4-6-12(16)7-5-11/h4-7,9-10H,8H2,1-3H3,(H,17,18)/t10-/m1/s1. The van der Waals surface area contributed by atoms with Gasteiger partial charge in [0.05, 0.1) is 5.25 Å². The first-order chi connectivity index (χ1) is 10.5. The van der Waals surface area contributed by atoms with E-state index >= 15 is 0 Å². The van der Waals surface area contributed by atoms with Crippen molar-refractivity contribution in [1.29, 1.82) is 0 Å². The molecule has 2 aromatic rings. The molecule has 0 spiro atoms. The van der Waals surface area contributed by atoms with Gasteiger partial charge in [0, 0.05) is 16.6 Å². The Balaban J connectivity index is 1.95. The van der Waals surface area contributed by atoms with E-state index in [4.69, 9.17) is 0 Å². The second-order valence-corrected chi connectivity index (χ2v) is 8.76. The average Bonchev–Trinajstić information content (AvgIpc) is 2.92. The molecular weight excluding hydrogens is 382 g/mol. The van der Waals surface area contributed by atoms with Gasteiger partial charge in [0.2, 0.25) is 5.13 Å². The lowest BCUT2D eigenvalue weighted by Gasteiger charge is -2.08. The van der Waals surface area contributed by atoms with Crippen LogP contribution < -0.4 is 5.32 Å². The van der Waals surface area contributed by atoms with Crippen molar-refractivity contribution >= 4 is 49.9 Å². The number of hydrogen-bond donors (Lipinski definition) is 1. The zero-order chi connectivity index (χ0) is 16.1. The highest BCUT2D eigenvalue weighted by Crippen LogP contribution is 2.30. The fourth-order valence-corrected chi connectivity index (χ4v) is 3.92. The smallest absolute Gasteiger partial charge is 0.206 e. The number of rotatable bonds is 7. The number of carbonyl (C=O) groups is 1. The van der Waals surface area contributed by atoms with Crippen LogP contribution in [0.5, 0.6) is 0 Å². The van der Waals surface area contributed by atoms with Crippen LogP contribution in [0.3, 0.4) is 0 Å². The van der Waals surface area contributed by atoms with Crippen LogP contribution >= 0.6 is 39.0 Å². The lowest BCUT2D eigenvalue weighted by molar-refractivity contribution is 0.0994. The molecule has 1 aromatic heterocycles. The molecule has 1 heterocycles. The van der Waals surface area contributed by atoms with Crippen molar-refractivity contribution < 1.29 is 4.79 Å². The van der Waals surface area contributed by atoms with Gasteiger partial charge < -0.3 is 5.32 Å². The van der Waals surface area contributed by atoms with Crippen LogP contribution in [0.25, 0.3) is 0 Å². The van der Waals surface area contributed by atoms with Crippen molar-refractivity contribution in [1.82, 2.24) is 10.2 Å². The highest BCUT2D eigenvalue weighted by Gasteiger charge is 2.18. The summed E-state index contributed by atoms with van der Waals surface area (Å²) >= 11 is 6.31. The van der Waals surface area contributed by atoms with Gasteiger partial charge in [0.1, 0.15) is 0 Å². The Bertz CT molecular complexity index is 628. The summed E-state index contributed by atoms with van der Waals surface area (Å²) in [7, 11) is 0. The molecule has 4 nitrogen and oxygen atoms in total. The summed E-state index contributed by atoms with van der Waals surface area (Å²) in [6.07, 6.45) is 0. The van der Waals surface area contributed by atoms with E-state index in [9.17, 15) is 4.79 Å². The summed E-state index contributed by atoms with van der Waals surface area (Å²) < 4.78 is 1.78. The normalized spacial score (nSPS) is 12.4. The summed E-state index contributed by atoms with van der Waals surface area (Å²) in [6.45, 7) is 7.05. The first kappa shape index (κ1) is 17.4. The van der Waals surface area contributed by atoms with Crippen LogP contribution in [0.2, 0.25) is 0 Å². The molecule has 0 radical (unpaired) electrons. The Hall–Kier alpha value is -0.920. The summed E-state index contributed by atoms with van der Waals surface area (Å²) in [6, 6.07) is 7.42. The van der Waals surface area contributed by atoms with Crippen LogP contribution in [0.4, 0.5) is 5.13 Å². The third-order valence-corrected chi connectivity index (χ3v) is 5.44. The van der Waals surface area contributed by atoms with Crippen molar-refractivity contribution in [2.75, 3.05) is 11.9 Å². The molecule has 1 aromatic carbocycles. The molecule has 0 amide bonds. The lowest BCUT2D eigenvalue weighted by atomic mass is 10.1. The number of anilines is 1. The SMILES string of the molecule is CC(C)CNc1nnc(S[C@H](C)C(=O)c2ccc(Br)cc2)s1. The van der Waals surface area contributed by atoms with Gasteiger partial charge in [-0.1, -0.05) is 65.0 Å². The van der Waals surface area contributed by atoms with Gasteiger partial charge >= 0.3 is 0 Å². The van der Waals surface area contributed by atoms with E-state index in [1.165, 1.54) is 23.1 Å². The highest BCUT2D eigenvalue weighted by molar-refractivity contribution is 9.10. The van der Waals surface area contributed by atoms with Crippen LogP contribution in [0.15, 0.2) is 33.1 Å². The summed E-state index contributed by atoms with van der Waals surface area (Å²) in [4.78, 5) is 12.4. The summed E-state index contributed by atoms with van der Waals surface area (Å²) in [5, 5.41) is 12.1. The average molecular weight is 400 g/mol. The fraction of sp³-hybridized carbons (Fsp3) is 0.400. The van der Waals surface area contributed by atoms with Crippen LogP contribution in [-0.2, 0) is 0 Å². The Kier molecular flexibility index (Phi) is 6.40. The minimum Gasteiger partial charge on any atom is -0.360 e. The van der Waals surface area contributed by atoms with Crippen molar-refractivity contribution in [2.45, 2.75) is 30.4 Å². The second-order valence-electron chi connectivity index (χ2n) is 5.28. The van der Waals surface area contributed by atoms with E-state index in [-0.39, 0.29) is 11.0 Å². The minimum atomic E-state index is -0.188. The molecule has 0 aliphatic carbocycles. The number of halogens is 1. The summed E-state index contributed by atoms with van der Waals surface area (Å²) in [5.41, 5.74) is 0.714. The van der Waals surface area contributed by atoms with Crippen molar-refractivity contribution in [3.63, 3.8) is 0 Å². The fourth-order valence-electron chi connectivity index (χ4n) is 1.67. The number of benzene rings is 1. The Morgan fingerprint density at radius 3 is 2.59 bits per heavy atom. The quantitative estimate of drug-likeness (QED) is 0.538. The number of Topliss-reactive ketones (excluding diaryl/α,β-unsaturated/α-hetero) is 1. The number of hydrogen-bond acceptors (Lipinski definition) is 6. The lowest BCUT2D eigenvalue weighted by Crippen LogP contribution is -2.13. The molecule has 0 aliphatic rings. The predicted octanol–water partition coefficient (Wildman–Crippen LogP) is 4.73. The van der Waals surface area contributed by atoms with Crippen molar-refractivity contribution in [3.05, 3.63) is 34.3 Å². The molecule has 118 valence electrons. The Morgan fingerprint density at radius 1 is 1.27 bits per heavy atom. The van der Waals surface area contributed by atoms with Gasteiger partial charge in [0.25, 0.3) is 0 Å². The molecule has 2 rings (SSSR count). The maximum atomic E-state index is 12.4. The molecule has 0 fully saturated rings. The molecule has 0 saturated heterocycles. The zero-order valence-corrected chi connectivity index (χ0v) is 15.9. The van der Waals surface area contributed by atoms with Crippen LogP contribution in [-0.4, -0.2) is 27.8 Å². The molecule has 1 atom stereocenters. The van der Waals surface area contributed by atoms with Crippen molar-refractivity contribution in [3.8, 4) is 0 Å². The highest BCUT2D eigenvalue weighted by atomic mass is 79.9. The number of ketones is 1. The first-order valence-electron chi connectivity index (χ1n) is 6.99. The predicted molar refractivity (Wildman–Crippen MR) is 97.0 cm³/mol. The third kappa shape index (κ3) is 5.07. The molecule has 0 aliphatic heterocycles. The Morgan fingerprint density at radius 2 is 1.95 bits per heavy atom. The second kappa shape index (κ2) is 8.08. The molecule has 7 heteroatoms. The van der Waals surface area contributed by atoms with Gasteiger partial charge in [-0.25, -0.2) is 0 Å².